The summed E-state index contributed by atoms with van der Waals surface area (Å²) in [5.41, 5.74) is 0. The van der Waals surface area contributed by atoms with Crippen molar-refractivity contribution in [2.45, 2.75) is 44.7 Å². The third-order valence-corrected chi connectivity index (χ3v) is 2.29. The van der Waals surface area contributed by atoms with E-state index in [0.717, 1.165) is 0 Å². The van der Waals surface area contributed by atoms with Crippen molar-refractivity contribution in [1.82, 2.24) is 0 Å². The van der Waals surface area contributed by atoms with E-state index in [2.05, 4.69) is 0 Å². The Hall–Kier alpha value is -0.200. The van der Waals surface area contributed by atoms with Crippen LogP contribution in [0.1, 0.15) is 13.8 Å². The molecule has 1 fully saturated rings. The van der Waals surface area contributed by atoms with Gasteiger partial charge in [-0.3, -0.25) is 0 Å². The Bertz CT molecular complexity index is 185. The van der Waals surface area contributed by atoms with Gasteiger partial charge in [0.1, 0.15) is 12.2 Å². The van der Waals surface area contributed by atoms with Crippen LogP contribution in [0.25, 0.3) is 0 Å². The fourth-order valence-corrected chi connectivity index (χ4v) is 1.68. The highest BCUT2D eigenvalue weighted by atomic mass is 16.8. The number of ether oxygens (including phenoxy) is 5. The maximum atomic E-state index is 5.70. The van der Waals surface area contributed by atoms with Crippen molar-refractivity contribution in [3.63, 3.8) is 0 Å². The zero-order valence-electron chi connectivity index (χ0n) is 9.93. The summed E-state index contributed by atoms with van der Waals surface area (Å²) >= 11 is 0. The van der Waals surface area contributed by atoms with Crippen molar-refractivity contribution in [2.75, 3.05) is 21.3 Å². The minimum absolute atomic E-state index is 0.0875. The molecule has 0 saturated carbocycles. The predicted octanol–water partition coefficient (Wildman–Crippen LogP) is 0.770. The van der Waals surface area contributed by atoms with Crippen LogP contribution in [0.15, 0.2) is 0 Å². The molecule has 0 aromatic heterocycles. The van der Waals surface area contributed by atoms with Gasteiger partial charge in [0.25, 0.3) is 0 Å². The molecule has 0 aromatic rings. The lowest BCUT2D eigenvalue weighted by molar-refractivity contribution is -0.210. The third kappa shape index (κ3) is 2.89. The molecular weight excluding hydrogens is 200 g/mol. The molecule has 0 aliphatic carbocycles. The molecule has 0 unspecified atom stereocenters. The number of hydrogen-bond donors (Lipinski definition) is 0. The largest absolute Gasteiger partial charge is 0.373 e. The van der Waals surface area contributed by atoms with Gasteiger partial charge in [0.15, 0.2) is 12.6 Å². The molecule has 0 N–H and O–H groups in total. The Balaban J connectivity index is 2.68. The molecule has 0 spiro atoms. The van der Waals surface area contributed by atoms with E-state index in [9.17, 15) is 0 Å². The first-order valence-electron chi connectivity index (χ1n) is 5.03. The molecule has 15 heavy (non-hydrogen) atoms. The van der Waals surface area contributed by atoms with E-state index in [4.69, 9.17) is 23.7 Å². The molecule has 5 heteroatoms. The second-order valence-corrected chi connectivity index (χ2v) is 3.69. The van der Waals surface area contributed by atoms with Gasteiger partial charge in [-0.2, -0.15) is 0 Å². The molecule has 1 aliphatic heterocycles. The molecule has 1 heterocycles. The monoisotopic (exact) mass is 220 g/mol. The Morgan fingerprint density at radius 3 is 1.80 bits per heavy atom. The molecule has 1 aliphatic rings. The predicted molar refractivity (Wildman–Crippen MR) is 53.5 cm³/mol. The molecule has 0 aromatic carbocycles. The average Bonchev–Trinajstić information content (AvgIpc) is 2.54. The van der Waals surface area contributed by atoms with Crippen molar-refractivity contribution in [3.05, 3.63) is 0 Å². The molecule has 0 amide bonds. The molecule has 0 radical (unpaired) electrons. The van der Waals surface area contributed by atoms with Crippen LogP contribution in [0.3, 0.4) is 0 Å². The summed E-state index contributed by atoms with van der Waals surface area (Å²) in [6.07, 6.45) is -1.32. The quantitative estimate of drug-likeness (QED) is 0.685. The molecule has 1 saturated heterocycles. The van der Waals surface area contributed by atoms with E-state index >= 15 is 0 Å². The second-order valence-electron chi connectivity index (χ2n) is 3.69. The summed E-state index contributed by atoms with van der Waals surface area (Å²) in [5.74, 6) is 0. The van der Waals surface area contributed by atoms with E-state index < -0.39 is 12.6 Å². The van der Waals surface area contributed by atoms with Crippen molar-refractivity contribution < 1.29 is 23.7 Å². The summed E-state index contributed by atoms with van der Waals surface area (Å²) in [6, 6.07) is 0. The van der Waals surface area contributed by atoms with Gasteiger partial charge in [-0.1, -0.05) is 0 Å². The van der Waals surface area contributed by atoms with Crippen LogP contribution in [-0.2, 0) is 23.7 Å². The summed E-state index contributed by atoms with van der Waals surface area (Å²) in [5, 5.41) is 0. The van der Waals surface area contributed by atoms with Crippen LogP contribution in [0.2, 0.25) is 0 Å². The van der Waals surface area contributed by atoms with E-state index in [1.54, 1.807) is 21.3 Å². The topological polar surface area (TPSA) is 46.2 Å². The highest BCUT2D eigenvalue weighted by Crippen LogP contribution is 2.27. The fraction of sp³-hybridized carbons (Fsp3) is 1.00. The van der Waals surface area contributed by atoms with Gasteiger partial charge >= 0.3 is 0 Å². The highest BCUT2D eigenvalue weighted by Gasteiger charge is 2.46. The smallest absolute Gasteiger partial charge is 0.189 e. The van der Waals surface area contributed by atoms with Gasteiger partial charge in [-0.05, 0) is 13.8 Å². The summed E-state index contributed by atoms with van der Waals surface area (Å²) < 4.78 is 26.8. The van der Waals surface area contributed by atoms with Gasteiger partial charge in [0.05, 0.1) is 6.10 Å². The standard InChI is InChI=1S/C10H20O5/c1-6(2)14-8-7(11-3)9(12-4)15-10(8)13-5/h6-10H,1-5H3/t7-,8+,9-,10+/m0/s1. The molecule has 4 atom stereocenters. The minimum Gasteiger partial charge on any atom is -0.373 e. The Morgan fingerprint density at radius 2 is 1.40 bits per heavy atom. The SMILES string of the molecule is CO[C@H]1O[C@@H](OC)[C@H](OC(C)C)[C@@H]1OC. The van der Waals surface area contributed by atoms with Gasteiger partial charge in [0, 0.05) is 21.3 Å². The van der Waals surface area contributed by atoms with Gasteiger partial charge in [-0.15, -0.1) is 0 Å². The molecule has 90 valence electrons. The van der Waals surface area contributed by atoms with Gasteiger partial charge in [-0.25, -0.2) is 0 Å². The van der Waals surface area contributed by atoms with Gasteiger partial charge < -0.3 is 23.7 Å². The zero-order chi connectivity index (χ0) is 11.4. The van der Waals surface area contributed by atoms with Crippen molar-refractivity contribution in [1.29, 1.82) is 0 Å². The van der Waals surface area contributed by atoms with Crippen LogP contribution in [-0.4, -0.2) is 52.2 Å². The van der Waals surface area contributed by atoms with Crippen LogP contribution in [0.5, 0.6) is 0 Å². The Labute approximate surface area is 90.6 Å². The van der Waals surface area contributed by atoms with Crippen LogP contribution in [0.4, 0.5) is 0 Å². The van der Waals surface area contributed by atoms with Crippen molar-refractivity contribution in [3.8, 4) is 0 Å². The number of rotatable bonds is 5. The fourth-order valence-electron chi connectivity index (χ4n) is 1.68. The average molecular weight is 220 g/mol. The first-order chi connectivity index (χ1) is 7.13. The number of hydrogen-bond acceptors (Lipinski definition) is 5. The molecule has 0 bridgehead atoms. The third-order valence-electron chi connectivity index (χ3n) is 2.29. The number of methoxy groups -OCH3 is 3. The lowest BCUT2D eigenvalue weighted by Crippen LogP contribution is -2.39. The van der Waals surface area contributed by atoms with E-state index in [0.29, 0.717) is 0 Å². The van der Waals surface area contributed by atoms with Crippen LogP contribution < -0.4 is 0 Å². The maximum absolute atomic E-state index is 5.70. The van der Waals surface area contributed by atoms with Crippen LogP contribution >= 0.6 is 0 Å². The Kier molecular flexibility index (Phi) is 4.95. The van der Waals surface area contributed by atoms with E-state index in [1.807, 2.05) is 13.8 Å². The second kappa shape index (κ2) is 5.77. The molecule has 5 nitrogen and oxygen atoms in total. The van der Waals surface area contributed by atoms with Crippen molar-refractivity contribution in [2.24, 2.45) is 0 Å². The van der Waals surface area contributed by atoms with E-state index in [-0.39, 0.29) is 18.3 Å². The highest BCUT2D eigenvalue weighted by molar-refractivity contribution is 4.85. The first kappa shape index (κ1) is 12.9. The first-order valence-corrected chi connectivity index (χ1v) is 5.03. The zero-order valence-corrected chi connectivity index (χ0v) is 9.93. The lowest BCUT2D eigenvalue weighted by atomic mass is 10.2. The summed E-state index contributed by atoms with van der Waals surface area (Å²) in [7, 11) is 4.75. The normalized spacial score (nSPS) is 36.4. The molecule has 1 rings (SSSR count). The molecular formula is C10H20O5. The van der Waals surface area contributed by atoms with Gasteiger partial charge in [0.2, 0.25) is 0 Å². The summed E-state index contributed by atoms with van der Waals surface area (Å²) in [6.45, 7) is 3.92. The maximum Gasteiger partial charge on any atom is 0.189 e. The minimum atomic E-state index is -0.442. The van der Waals surface area contributed by atoms with Crippen LogP contribution in [0, 0.1) is 0 Å². The summed E-state index contributed by atoms with van der Waals surface area (Å²) in [4.78, 5) is 0. The Morgan fingerprint density at radius 1 is 0.867 bits per heavy atom. The van der Waals surface area contributed by atoms with E-state index in [1.165, 1.54) is 0 Å². The van der Waals surface area contributed by atoms with Crippen molar-refractivity contribution >= 4 is 0 Å². The lowest BCUT2D eigenvalue weighted by Gasteiger charge is -2.23.